The van der Waals surface area contributed by atoms with Crippen LogP contribution in [0.3, 0.4) is 0 Å². The molecule has 1 atom stereocenters. The van der Waals surface area contributed by atoms with Crippen molar-refractivity contribution in [3.05, 3.63) is 100 Å². The van der Waals surface area contributed by atoms with Gasteiger partial charge in [-0.3, -0.25) is 9.78 Å². The molecule has 6 nitrogen and oxygen atoms in total. The van der Waals surface area contributed by atoms with Gasteiger partial charge in [0.15, 0.2) is 0 Å². The number of hydrogen-bond donors (Lipinski definition) is 2. The van der Waals surface area contributed by atoms with Crippen molar-refractivity contribution in [2.24, 2.45) is 0 Å². The number of nitrogens with one attached hydrogen (secondary N) is 1. The molecule has 2 aromatic carbocycles. The van der Waals surface area contributed by atoms with Crippen molar-refractivity contribution in [1.82, 2.24) is 9.71 Å². The Labute approximate surface area is 204 Å². The van der Waals surface area contributed by atoms with Crippen molar-refractivity contribution in [2.45, 2.75) is 43.0 Å². The third-order valence-electron chi connectivity index (χ3n) is 5.81. The van der Waals surface area contributed by atoms with Gasteiger partial charge >= 0.3 is 5.97 Å². The maximum Gasteiger partial charge on any atom is 0.303 e. The van der Waals surface area contributed by atoms with Gasteiger partial charge in [-0.05, 0) is 78.3 Å². The highest BCUT2D eigenvalue weighted by Gasteiger charge is 2.27. The lowest BCUT2D eigenvalue weighted by Crippen LogP contribution is -2.35. The summed E-state index contributed by atoms with van der Waals surface area (Å²) in [5.41, 5.74) is 5.16. The summed E-state index contributed by atoms with van der Waals surface area (Å²) in [5, 5.41) is 9.41. The number of allylic oxidation sites excluding steroid dienone is 1. The van der Waals surface area contributed by atoms with Crippen LogP contribution in [0.2, 0.25) is 5.02 Å². The van der Waals surface area contributed by atoms with Crippen molar-refractivity contribution < 1.29 is 18.3 Å². The van der Waals surface area contributed by atoms with Gasteiger partial charge in [-0.1, -0.05) is 41.9 Å². The lowest BCUT2D eigenvalue weighted by atomic mass is 9.95. The predicted molar refractivity (Wildman–Crippen MR) is 132 cm³/mol. The van der Waals surface area contributed by atoms with Crippen LogP contribution in [-0.4, -0.2) is 30.5 Å². The SMILES string of the molecule is O=C(O)CCC/C=C(\c1cccnc1)c1ccc2c(c1)CC(NS(=O)(=O)c1ccc(Cl)cc1)C2. The van der Waals surface area contributed by atoms with E-state index < -0.39 is 16.0 Å². The molecule has 0 saturated carbocycles. The van der Waals surface area contributed by atoms with Crippen LogP contribution in [0.1, 0.15) is 41.5 Å². The van der Waals surface area contributed by atoms with Gasteiger partial charge in [-0.15, -0.1) is 0 Å². The lowest BCUT2D eigenvalue weighted by Gasteiger charge is -2.12. The van der Waals surface area contributed by atoms with E-state index in [9.17, 15) is 13.2 Å². The molecule has 0 spiro atoms. The molecule has 34 heavy (non-hydrogen) atoms. The standard InChI is InChI=1S/C26H25ClN2O4S/c27-22-9-11-24(12-10-22)34(32,33)29-23-15-18-7-8-19(14-21(18)16-23)25(5-1-2-6-26(30)31)20-4-3-13-28-17-20/h3-5,7-14,17,23,29H,1-2,6,15-16H2,(H,30,31)/b25-5-. The van der Waals surface area contributed by atoms with Crippen LogP contribution in [0.5, 0.6) is 0 Å². The molecule has 2 N–H and O–H groups in total. The summed E-state index contributed by atoms with van der Waals surface area (Å²) < 4.78 is 28.4. The average molecular weight is 497 g/mol. The molecule has 4 rings (SSSR count). The number of nitrogens with zero attached hydrogens (tertiary/aromatic N) is 1. The fourth-order valence-corrected chi connectivity index (χ4v) is 5.56. The number of halogens is 1. The van der Waals surface area contributed by atoms with Crippen molar-refractivity contribution in [1.29, 1.82) is 0 Å². The molecule has 1 aromatic heterocycles. The number of fused-ring (bicyclic) bond motifs is 1. The van der Waals surface area contributed by atoms with Gasteiger partial charge in [0, 0.05) is 35.4 Å². The summed E-state index contributed by atoms with van der Waals surface area (Å²) in [6.45, 7) is 0. The zero-order valence-electron chi connectivity index (χ0n) is 18.4. The molecule has 176 valence electrons. The number of aromatic nitrogens is 1. The lowest BCUT2D eigenvalue weighted by molar-refractivity contribution is -0.137. The maximum absolute atomic E-state index is 12.8. The molecule has 1 aliphatic carbocycles. The molecule has 1 heterocycles. The first-order valence-corrected chi connectivity index (χ1v) is 12.9. The van der Waals surface area contributed by atoms with Crippen LogP contribution in [0, 0.1) is 0 Å². The molecule has 1 unspecified atom stereocenters. The molecule has 3 aromatic rings. The summed E-state index contributed by atoms with van der Waals surface area (Å²) in [4.78, 5) is 15.3. The minimum absolute atomic E-state index is 0.121. The topological polar surface area (TPSA) is 96.4 Å². The van der Waals surface area contributed by atoms with Crippen LogP contribution in [0.4, 0.5) is 0 Å². The summed E-state index contributed by atoms with van der Waals surface area (Å²) in [5.74, 6) is -0.805. The van der Waals surface area contributed by atoms with Gasteiger partial charge in [-0.25, -0.2) is 13.1 Å². The Morgan fingerprint density at radius 1 is 1.09 bits per heavy atom. The maximum atomic E-state index is 12.8. The second-order valence-corrected chi connectivity index (χ2v) is 10.5. The molecule has 0 amide bonds. The Morgan fingerprint density at radius 2 is 1.85 bits per heavy atom. The first-order valence-electron chi connectivity index (χ1n) is 11.0. The van der Waals surface area contributed by atoms with Crippen molar-refractivity contribution in [2.75, 3.05) is 0 Å². The molecular formula is C26H25ClN2O4S. The number of hydrogen-bond acceptors (Lipinski definition) is 4. The number of unbranched alkanes of at least 4 members (excludes halogenated alkanes) is 1. The highest BCUT2D eigenvalue weighted by Crippen LogP contribution is 2.30. The van der Waals surface area contributed by atoms with E-state index in [1.54, 1.807) is 24.5 Å². The zero-order valence-corrected chi connectivity index (χ0v) is 20.0. The highest BCUT2D eigenvalue weighted by atomic mass is 35.5. The fraction of sp³-hybridized carbons (Fsp3) is 0.231. The first kappa shape index (κ1) is 24.1. The summed E-state index contributed by atoms with van der Waals surface area (Å²) in [6, 6.07) is 15.9. The molecule has 0 aliphatic heterocycles. The molecule has 1 aliphatic rings. The third kappa shape index (κ3) is 5.91. The Bertz CT molecular complexity index is 1310. The number of benzene rings is 2. The monoisotopic (exact) mass is 496 g/mol. The van der Waals surface area contributed by atoms with E-state index in [0.29, 0.717) is 30.7 Å². The zero-order chi connectivity index (χ0) is 24.1. The average Bonchev–Trinajstić information content (AvgIpc) is 3.20. The molecule has 0 radical (unpaired) electrons. The number of sulfonamides is 1. The Kier molecular flexibility index (Phi) is 7.46. The van der Waals surface area contributed by atoms with E-state index in [1.165, 1.54) is 12.1 Å². The van der Waals surface area contributed by atoms with E-state index in [0.717, 1.165) is 27.8 Å². The molecule has 0 fully saturated rings. The van der Waals surface area contributed by atoms with E-state index >= 15 is 0 Å². The van der Waals surface area contributed by atoms with Crippen LogP contribution < -0.4 is 4.72 Å². The normalized spacial score (nSPS) is 15.8. The van der Waals surface area contributed by atoms with Gasteiger partial charge in [-0.2, -0.15) is 0 Å². The van der Waals surface area contributed by atoms with Crippen molar-refractivity contribution in [3.8, 4) is 0 Å². The summed E-state index contributed by atoms with van der Waals surface area (Å²) >= 11 is 5.88. The Balaban J connectivity index is 1.53. The van der Waals surface area contributed by atoms with Gasteiger partial charge < -0.3 is 5.11 Å². The Morgan fingerprint density at radius 3 is 2.56 bits per heavy atom. The minimum atomic E-state index is -3.65. The van der Waals surface area contributed by atoms with Gasteiger partial charge in [0.1, 0.15) is 0 Å². The number of carboxylic acid groups (broad SMARTS) is 1. The van der Waals surface area contributed by atoms with Crippen LogP contribution >= 0.6 is 11.6 Å². The summed E-state index contributed by atoms with van der Waals surface area (Å²) in [6.07, 6.45) is 8.08. The molecular weight excluding hydrogens is 472 g/mol. The number of aliphatic carboxylic acids is 1. The smallest absolute Gasteiger partial charge is 0.303 e. The minimum Gasteiger partial charge on any atom is -0.481 e. The van der Waals surface area contributed by atoms with E-state index in [1.807, 2.05) is 24.3 Å². The quantitative estimate of drug-likeness (QED) is 0.412. The molecule has 0 saturated heterocycles. The number of carboxylic acids is 1. The van der Waals surface area contributed by atoms with E-state index in [4.69, 9.17) is 16.7 Å². The van der Waals surface area contributed by atoms with Crippen molar-refractivity contribution in [3.63, 3.8) is 0 Å². The van der Waals surface area contributed by atoms with E-state index in [-0.39, 0.29) is 17.4 Å². The van der Waals surface area contributed by atoms with Crippen LogP contribution in [0.25, 0.3) is 5.57 Å². The van der Waals surface area contributed by atoms with Gasteiger partial charge in [0.25, 0.3) is 0 Å². The second-order valence-electron chi connectivity index (χ2n) is 8.31. The predicted octanol–water partition coefficient (Wildman–Crippen LogP) is 4.87. The molecule has 8 heteroatoms. The number of rotatable bonds is 9. The molecule has 0 bridgehead atoms. The number of carbonyl (C=O) groups is 1. The second kappa shape index (κ2) is 10.5. The van der Waals surface area contributed by atoms with Gasteiger partial charge in [0.05, 0.1) is 4.90 Å². The van der Waals surface area contributed by atoms with Gasteiger partial charge in [0.2, 0.25) is 10.0 Å². The van der Waals surface area contributed by atoms with Crippen LogP contribution in [0.15, 0.2) is 78.0 Å². The van der Waals surface area contributed by atoms with E-state index in [2.05, 4.69) is 21.8 Å². The van der Waals surface area contributed by atoms with Crippen molar-refractivity contribution >= 4 is 33.2 Å². The highest BCUT2D eigenvalue weighted by molar-refractivity contribution is 7.89. The van der Waals surface area contributed by atoms with Crippen LogP contribution in [-0.2, 0) is 27.7 Å². The number of pyridine rings is 1. The fourth-order valence-electron chi connectivity index (χ4n) is 4.19. The first-order chi connectivity index (χ1) is 16.3. The summed E-state index contributed by atoms with van der Waals surface area (Å²) in [7, 11) is -3.65. The largest absolute Gasteiger partial charge is 0.481 e. The third-order valence-corrected chi connectivity index (χ3v) is 7.60. The Hall–Kier alpha value is -3.00.